The van der Waals surface area contributed by atoms with Crippen molar-refractivity contribution >= 4 is 23.4 Å². The monoisotopic (exact) mass is 469 g/mol. The Morgan fingerprint density at radius 3 is 2.64 bits per heavy atom. The number of halogens is 1. The molecule has 7 nitrogen and oxygen atoms in total. The predicted molar refractivity (Wildman–Crippen MR) is 121 cm³/mol. The van der Waals surface area contributed by atoms with Crippen molar-refractivity contribution < 1.29 is 23.5 Å². The molecule has 2 aromatic carbocycles. The van der Waals surface area contributed by atoms with Crippen molar-refractivity contribution in [2.45, 2.75) is 26.2 Å². The fourth-order valence-corrected chi connectivity index (χ4v) is 4.27. The molecule has 0 N–H and O–H groups in total. The van der Waals surface area contributed by atoms with Gasteiger partial charge in [0.2, 0.25) is 0 Å². The van der Waals surface area contributed by atoms with E-state index in [4.69, 9.17) is 9.47 Å². The number of amides is 1. The Hall–Kier alpha value is -3.33. The summed E-state index contributed by atoms with van der Waals surface area (Å²) in [5.41, 5.74) is 1.44. The minimum absolute atomic E-state index is 0.118. The van der Waals surface area contributed by atoms with E-state index < -0.39 is 0 Å². The summed E-state index contributed by atoms with van der Waals surface area (Å²) in [7, 11) is 0. The topological polar surface area (TPSA) is 81.6 Å². The van der Waals surface area contributed by atoms with E-state index >= 15 is 0 Å². The maximum Gasteiger partial charge on any atom is 0.310 e. The van der Waals surface area contributed by atoms with E-state index in [0.717, 1.165) is 29.9 Å². The minimum Gasteiger partial charge on any atom is -0.466 e. The van der Waals surface area contributed by atoms with Crippen LogP contribution in [0.25, 0.3) is 0 Å². The molecule has 3 aromatic rings. The number of nitrogens with zero attached hydrogens (tertiary/aromatic N) is 3. The summed E-state index contributed by atoms with van der Waals surface area (Å²) in [5.74, 6) is 0.221. The lowest BCUT2D eigenvalue weighted by atomic mass is 9.97. The fraction of sp³-hybridized carbons (Fsp3) is 0.333. The van der Waals surface area contributed by atoms with Crippen molar-refractivity contribution in [3.05, 3.63) is 71.3 Å². The molecule has 1 saturated heterocycles. The van der Waals surface area contributed by atoms with E-state index in [1.54, 1.807) is 48.2 Å². The van der Waals surface area contributed by atoms with Gasteiger partial charge in [0.25, 0.3) is 11.1 Å². The number of ether oxygens (including phenoxy) is 2. The molecule has 1 aromatic heterocycles. The Morgan fingerprint density at radius 1 is 1.15 bits per heavy atom. The molecule has 1 atom stereocenters. The van der Waals surface area contributed by atoms with Crippen molar-refractivity contribution in [2.75, 3.05) is 19.7 Å². The van der Waals surface area contributed by atoms with Crippen LogP contribution in [0.5, 0.6) is 10.9 Å². The Bertz CT molecular complexity index is 1100. The van der Waals surface area contributed by atoms with Gasteiger partial charge in [-0.3, -0.25) is 9.59 Å². The van der Waals surface area contributed by atoms with E-state index in [1.807, 2.05) is 0 Å². The van der Waals surface area contributed by atoms with Crippen LogP contribution < -0.4 is 4.74 Å². The van der Waals surface area contributed by atoms with Gasteiger partial charge >= 0.3 is 5.97 Å². The highest BCUT2D eigenvalue weighted by molar-refractivity contribution is 7.07. The molecular weight excluding hydrogens is 445 g/mol. The Labute approximate surface area is 195 Å². The van der Waals surface area contributed by atoms with Crippen LogP contribution in [0.4, 0.5) is 4.39 Å². The van der Waals surface area contributed by atoms with Gasteiger partial charge in [0, 0.05) is 36.6 Å². The quantitative estimate of drug-likeness (QED) is 0.475. The zero-order valence-corrected chi connectivity index (χ0v) is 19.0. The molecular formula is C24H24FN3O4S. The molecule has 0 radical (unpaired) electrons. The van der Waals surface area contributed by atoms with Crippen LogP contribution >= 0.6 is 11.5 Å². The van der Waals surface area contributed by atoms with E-state index in [2.05, 4.69) is 9.36 Å². The average Bonchev–Trinajstić information content (AvgIpc) is 3.27. The maximum atomic E-state index is 13.0. The number of esters is 1. The van der Waals surface area contributed by atoms with Gasteiger partial charge in [0.05, 0.1) is 12.5 Å². The summed E-state index contributed by atoms with van der Waals surface area (Å²) in [6.07, 6.45) is 1.99. The number of carbonyl (C=O) groups excluding carboxylic acids is 2. The lowest BCUT2D eigenvalue weighted by Crippen LogP contribution is -2.42. The molecule has 2 heterocycles. The maximum absolute atomic E-state index is 13.0. The van der Waals surface area contributed by atoms with Gasteiger partial charge in [-0.1, -0.05) is 12.1 Å². The smallest absolute Gasteiger partial charge is 0.310 e. The molecule has 9 heteroatoms. The Morgan fingerprint density at radius 2 is 1.91 bits per heavy atom. The van der Waals surface area contributed by atoms with Crippen LogP contribution in [0.2, 0.25) is 0 Å². The molecule has 1 amide bonds. The first-order valence-electron chi connectivity index (χ1n) is 10.8. The summed E-state index contributed by atoms with van der Waals surface area (Å²) in [6, 6.07) is 13.0. The number of piperidine rings is 1. The molecule has 1 aliphatic heterocycles. The molecule has 1 aliphatic rings. The van der Waals surface area contributed by atoms with Crippen molar-refractivity contribution in [3.63, 3.8) is 0 Å². The number of aromatic nitrogens is 2. The zero-order valence-electron chi connectivity index (χ0n) is 18.2. The van der Waals surface area contributed by atoms with E-state index in [1.165, 1.54) is 12.1 Å². The SMILES string of the molecule is CCOC(=O)C1CCCN(C(=O)c2ccc(Oc3nc(Cc4ccc(F)cc4)ns3)cc2)C1. The first-order chi connectivity index (χ1) is 16.0. The van der Waals surface area contributed by atoms with E-state index in [9.17, 15) is 14.0 Å². The summed E-state index contributed by atoms with van der Waals surface area (Å²) < 4.78 is 28.2. The molecule has 1 fully saturated rings. The molecule has 0 saturated carbocycles. The first kappa shape index (κ1) is 22.8. The van der Waals surface area contributed by atoms with Crippen molar-refractivity contribution in [3.8, 4) is 10.9 Å². The number of carbonyl (C=O) groups is 2. The van der Waals surface area contributed by atoms with Gasteiger partial charge < -0.3 is 14.4 Å². The average molecular weight is 470 g/mol. The molecule has 0 bridgehead atoms. The van der Waals surface area contributed by atoms with Gasteiger partial charge in [-0.15, -0.1) is 0 Å². The summed E-state index contributed by atoms with van der Waals surface area (Å²) in [5, 5.41) is 0.388. The number of rotatable bonds is 7. The van der Waals surface area contributed by atoms with Crippen LogP contribution in [0.1, 0.15) is 41.5 Å². The summed E-state index contributed by atoms with van der Waals surface area (Å²) >= 11 is 1.13. The predicted octanol–water partition coefficient (Wildman–Crippen LogP) is 4.48. The lowest BCUT2D eigenvalue weighted by molar-refractivity contribution is -0.149. The van der Waals surface area contributed by atoms with Gasteiger partial charge in [0.15, 0.2) is 5.82 Å². The molecule has 4 rings (SSSR count). The third-order valence-electron chi connectivity index (χ3n) is 5.36. The Kier molecular flexibility index (Phi) is 7.29. The normalized spacial score (nSPS) is 15.8. The van der Waals surface area contributed by atoms with Crippen LogP contribution in [0.15, 0.2) is 48.5 Å². The van der Waals surface area contributed by atoms with E-state index in [-0.39, 0.29) is 23.6 Å². The third kappa shape index (κ3) is 5.92. The van der Waals surface area contributed by atoms with Gasteiger partial charge in [-0.2, -0.15) is 9.36 Å². The molecule has 1 unspecified atom stereocenters. The second-order valence-corrected chi connectivity index (χ2v) is 8.46. The minimum atomic E-state index is -0.282. The number of hydrogen-bond acceptors (Lipinski definition) is 7. The molecule has 0 aliphatic carbocycles. The highest BCUT2D eigenvalue weighted by Crippen LogP contribution is 2.25. The summed E-state index contributed by atoms with van der Waals surface area (Å²) in [4.78, 5) is 31.0. The second-order valence-electron chi connectivity index (χ2n) is 7.75. The van der Waals surface area contributed by atoms with E-state index in [0.29, 0.717) is 48.4 Å². The zero-order chi connectivity index (χ0) is 23.2. The van der Waals surface area contributed by atoms with Crippen LogP contribution in [-0.4, -0.2) is 45.8 Å². The van der Waals surface area contributed by atoms with Crippen molar-refractivity contribution in [2.24, 2.45) is 5.92 Å². The standard InChI is InChI=1S/C24H24FN3O4S/c1-2-31-23(30)18-4-3-13-28(15-18)22(29)17-7-11-20(12-8-17)32-24-26-21(27-33-24)14-16-5-9-19(25)10-6-16/h5-12,18H,2-4,13-15H2,1H3. The van der Waals surface area contributed by atoms with Crippen LogP contribution in [0.3, 0.4) is 0 Å². The number of likely N-dealkylation sites (tertiary alicyclic amines) is 1. The largest absolute Gasteiger partial charge is 0.466 e. The Balaban J connectivity index is 1.34. The highest BCUT2D eigenvalue weighted by atomic mass is 32.1. The molecule has 33 heavy (non-hydrogen) atoms. The number of benzene rings is 2. The molecule has 172 valence electrons. The van der Waals surface area contributed by atoms with Crippen LogP contribution in [0, 0.1) is 11.7 Å². The first-order valence-corrected chi connectivity index (χ1v) is 11.6. The highest BCUT2D eigenvalue weighted by Gasteiger charge is 2.29. The molecule has 0 spiro atoms. The fourth-order valence-electron chi connectivity index (χ4n) is 3.70. The number of hydrogen-bond donors (Lipinski definition) is 0. The van der Waals surface area contributed by atoms with Crippen molar-refractivity contribution in [1.82, 2.24) is 14.3 Å². The third-order valence-corrected chi connectivity index (χ3v) is 5.99. The lowest BCUT2D eigenvalue weighted by Gasteiger charge is -2.31. The van der Waals surface area contributed by atoms with Gasteiger partial charge in [-0.25, -0.2) is 4.39 Å². The second kappa shape index (κ2) is 10.5. The summed E-state index contributed by atoms with van der Waals surface area (Å²) in [6.45, 7) is 3.11. The van der Waals surface area contributed by atoms with Crippen molar-refractivity contribution in [1.29, 1.82) is 0 Å². The van der Waals surface area contributed by atoms with Gasteiger partial charge in [0.1, 0.15) is 11.6 Å². The van der Waals surface area contributed by atoms with Gasteiger partial charge in [-0.05, 0) is 61.7 Å². The van der Waals surface area contributed by atoms with Crippen LogP contribution in [-0.2, 0) is 16.0 Å².